The Bertz CT molecular complexity index is 2030. The van der Waals surface area contributed by atoms with E-state index in [1.54, 1.807) is 28.4 Å². The van der Waals surface area contributed by atoms with Gasteiger partial charge in [0.25, 0.3) is 0 Å². The fourth-order valence-corrected chi connectivity index (χ4v) is 8.31. The number of phenolic OH excluding ortho intramolecular Hbond substituents is 1. The van der Waals surface area contributed by atoms with Crippen LogP contribution in [0, 0.1) is 24.1 Å². The van der Waals surface area contributed by atoms with Crippen molar-refractivity contribution in [1.82, 2.24) is 30.3 Å². The topological polar surface area (TPSA) is 161 Å². The van der Waals surface area contributed by atoms with Crippen LogP contribution in [-0.4, -0.2) is 98.3 Å². The number of nitrogen functional groups attached to an aromatic ring is 1. The van der Waals surface area contributed by atoms with E-state index in [4.69, 9.17) is 5.73 Å². The second kappa shape index (κ2) is 16.4. The second-order valence-corrected chi connectivity index (χ2v) is 16.6. The highest BCUT2D eigenvalue weighted by molar-refractivity contribution is 7.13. The van der Waals surface area contributed by atoms with Crippen LogP contribution in [0.4, 0.5) is 15.9 Å². The number of aromatic nitrogens is 3. The van der Waals surface area contributed by atoms with E-state index >= 15 is 0 Å². The number of nitrogens with zero attached hydrogens (tertiary/aromatic N) is 6. The van der Waals surface area contributed by atoms with Gasteiger partial charge in [0.15, 0.2) is 17.4 Å². The maximum absolute atomic E-state index is 14.3. The van der Waals surface area contributed by atoms with Crippen LogP contribution in [0.1, 0.15) is 57.8 Å². The first-order valence-corrected chi connectivity index (χ1v) is 19.5. The van der Waals surface area contributed by atoms with Gasteiger partial charge in [-0.05, 0) is 48.6 Å². The smallest absolute Gasteiger partial charge is 0.227 e. The van der Waals surface area contributed by atoms with Gasteiger partial charge in [0.05, 0.1) is 46.2 Å². The number of para-hydroxylation sites is 1. The third-order valence-electron chi connectivity index (χ3n) is 10.7. The van der Waals surface area contributed by atoms with Crippen LogP contribution in [0.3, 0.4) is 0 Å². The summed E-state index contributed by atoms with van der Waals surface area (Å²) in [4.78, 5) is 39.3. The highest BCUT2D eigenvalue weighted by Crippen LogP contribution is 2.36. The van der Waals surface area contributed by atoms with Crippen molar-refractivity contribution in [3.8, 4) is 27.4 Å². The molecule has 55 heavy (non-hydrogen) atoms. The minimum Gasteiger partial charge on any atom is -0.504 e. The predicted octanol–water partition coefficient (Wildman–Crippen LogP) is 5.57. The van der Waals surface area contributed by atoms with Crippen molar-refractivity contribution in [3.05, 3.63) is 83.4 Å². The fourth-order valence-electron chi connectivity index (χ4n) is 7.50. The Hall–Kier alpha value is -4.92. The standard InChI is InChI=1S/C41H51FN8O4S/c1-24(27-10-12-28(13-11-27)38-26(3)44-23-55-38)45-25(2)35-19-30(52)22-50(35)40(54)32(41(4,5)6)18-29(51)21-48-14-16-49(17-15-48)36-20-34(46-47-39(36)43)31-8-7-9-33(42)37(31)53/h7-13,20,23-24,30,32,35,45,52-53H,2,14-19,21-22H2,1,3-6H3,(H2,43,47)/t24-,30+,32+,35-/m0/s1. The molecule has 0 aliphatic carbocycles. The van der Waals surface area contributed by atoms with Crippen LogP contribution in [0.2, 0.25) is 0 Å². The average Bonchev–Trinajstić information content (AvgIpc) is 3.77. The Labute approximate surface area is 325 Å². The van der Waals surface area contributed by atoms with Gasteiger partial charge in [-0.15, -0.1) is 21.5 Å². The molecule has 0 spiro atoms. The molecule has 5 N–H and O–H groups in total. The fraction of sp³-hybridized carbons (Fsp3) is 0.439. The minimum atomic E-state index is -0.752. The number of β-amino-alcohol motifs (C(OH)–C–C–N with tert-alkyl or cyclic N) is 1. The van der Waals surface area contributed by atoms with Crippen LogP contribution in [0.25, 0.3) is 21.7 Å². The number of aryl methyl sites for hydroxylation is 1. The molecule has 6 rings (SSSR count). The highest BCUT2D eigenvalue weighted by Gasteiger charge is 2.43. The first kappa shape index (κ1) is 39.8. The van der Waals surface area contributed by atoms with E-state index in [2.05, 4.69) is 56.2 Å². The number of hydrogen-bond acceptors (Lipinski definition) is 12. The number of carbonyl (C=O) groups is 2. The van der Waals surface area contributed by atoms with Gasteiger partial charge in [-0.3, -0.25) is 14.5 Å². The second-order valence-electron chi connectivity index (χ2n) is 15.7. The van der Waals surface area contributed by atoms with Crippen molar-refractivity contribution in [2.45, 2.75) is 65.6 Å². The number of likely N-dealkylation sites (tertiary alicyclic amines) is 1. The quantitative estimate of drug-likeness (QED) is 0.143. The summed E-state index contributed by atoms with van der Waals surface area (Å²) in [5.41, 5.74) is 12.5. The largest absolute Gasteiger partial charge is 0.504 e. The Morgan fingerprint density at radius 2 is 1.82 bits per heavy atom. The predicted molar refractivity (Wildman–Crippen MR) is 214 cm³/mol. The third-order valence-corrected chi connectivity index (χ3v) is 11.7. The number of halogens is 1. The van der Waals surface area contributed by atoms with Crippen LogP contribution in [0.15, 0.2) is 66.3 Å². The summed E-state index contributed by atoms with van der Waals surface area (Å²) in [5.74, 6) is -1.83. The normalized spacial score (nSPS) is 19.0. The molecule has 2 saturated heterocycles. The molecule has 4 heterocycles. The van der Waals surface area contributed by atoms with Gasteiger partial charge in [0, 0.05) is 68.8 Å². The summed E-state index contributed by atoms with van der Waals surface area (Å²) in [7, 11) is 0. The van der Waals surface area contributed by atoms with E-state index in [1.165, 1.54) is 12.1 Å². The number of aromatic hydroxyl groups is 1. The lowest BCUT2D eigenvalue weighted by Crippen LogP contribution is -2.49. The molecule has 4 aromatic rings. The molecule has 4 atom stereocenters. The summed E-state index contributed by atoms with van der Waals surface area (Å²) in [5, 5.41) is 32.6. The molecule has 14 heteroatoms. The summed E-state index contributed by atoms with van der Waals surface area (Å²) in [6, 6.07) is 13.7. The van der Waals surface area contributed by atoms with Crippen molar-refractivity contribution in [2.24, 2.45) is 11.3 Å². The van der Waals surface area contributed by atoms with Crippen LogP contribution in [0.5, 0.6) is 5.75 Å². The van der Waals surface area contributed by atoms with Crippen molar-refractivity contribution in [2.75, 3.05) is 49.9 Å². The van der Waals surface area contributed by atoms with Crippen LogP contribution in [-0.2, 0) is 9.59 Å². The number of hydrogen-bond donors (Lipinski definition) is 4. The molecule has 2 fully saturated rings. The zero-order valence-electron chi connectivity index (χ0n) is 32.1. The number of Topliss-reactive ketones (excluding diaryl/α,β-unsaturated/α-hetero) is 1. The summed E-state index contributed by atoms with van der Waals surface area (Å²) in [6.07, 6.45) is -0.255. The summed E-state index contributed by atoms with van der Waals surface area (Å²) < 4.78 is 14.0. The molecule has 12 nitrogen and oxygen atoms in total. The van der Waals surface area contributed by atoms with Crippen LogP contribution >= 0.6 is 11.3 Å². The van der Waals surface area contributed by atoms with Crippen molar-refractivity contribution in [3.63, 3.8) is 0 Å². The molecule has 2 aromatic heterocycles. The maximum Gasteiger partial charge on any atom is 0.227 e. The lowest BCUT2D eigenvalue weighted by molar-refractivity contribution is -0.142. The number of aliphatic hydroxyl groups excluding tert-OH is 1. The molecule has 2 aliphatic heterocycles. The van der Waals surface area contributed by atoms with Gasteiger partial charge in [-0.25, -0.2) is 9.37 Å². The number of amides is 1. The van der Waals surface area contributed by atoms with Crippen LogP contribution < -0.4 is 16.0 Å². The lowest BCUT2D eigenvalue weighted by atomic mass is 9.76. The molecular formula is C41H51FN8O4S. The number of carbonyl (C=O) groups excluding carboxylic acids is 2. The first-order valence-electron chi connectivity index (χ1n) is 18.6. The van der Waals surface area contributed by atoms with Gasteiger partial charge in [0.2, 0.25) is 5.91 Å². The molecule has 0 saturated carbocycles. The average molecular weight is 771 g/mol. The maximum atomic E-state index is 14.3. The Morgan fingerprint density at radius 1 is 1.11 bits per heavy atom. The van der Waals surface area contributed by atoms with Crippen molar-refractivity contribution >= 4 is 34.5 Å². The Kier molecular flexibility index (Phi) is 11.9. The molecule has 0 radical (unpaired) electrons. The van der Waals surface area contributed by atoms with E-state index in [-0.39, 0.29) is 48.6 Å². The number of phenols is 1. The van der Waals surface area contributed by atoms with Gasteiger partial charge < -0.3 is 31.1 Å². The molecule has 1 amide bonds. The summed E-state index contributed by atoms with van der Waals surface area (Å²) >= 11 is 1.61. The number of anilines is 2. The van der Waals surface area contributed by atoms with Crippen molar-refractivity contribution < 1.29 is 24.2 Å². The number of aliphatic hydroxyl groups is 1. The van der Waals surface area contributed by atoms with Gasteiger partial charge in [-0.2, -0.15) is 0 Å². The number of thiazole rings is 1. The number of nitrogens with two attached hydrogens (primary N) is 1. The number of benzene rings is 2. The zero-order valence-corrected chi connectivity index (χ0v) is 32.9. The molecular weight excluding hydrogens is 720 g/mol. The Balaban J connectivity index is 1.06. The van der Waals surface area contributed by atoms with Gasteiger partial charge in [-0.1, -0.05) is 57.7 Å². The molecule has 2 aromatic carbocycles. The molecule has 0 bridgehead atoms. The molecule has 0 unspecified atom stereocenters. The summed E-state index contributed by atoms with van der Waals surface area (Å²) in [6.45, 7) is 16.9. The van der Waals surface area contributed by atoms with E-state index in [0.29, 0.717) is 49.7 Å². The molecule has 2 aliphatic rings. The number of piperazine rings is 1. The monoisotopic (exact) mass is 770 g/mol. The molecule has 292 valence electrons. The van der Waals surface area contributed by atoms with Crippen molar-refractivity contribution in [1.29, 1.82) is 0 Å². The third kappa shape index (κ3) is 8.98. The Morgan fingerprint density at radius 3 is 2.47 bits per heavy atom. The van der Waals surface area contributed by atoms with E-state index in [1.807, 2.05) is 45.0 Å². The first-order chi connectivity index (χ1) is 26.1. The van der Waals surface area contributed by atoms with E-state index < -0.39 is 35.0 Å². The number of ketones is 1. The lowest BCUT2D eigenvalue weighted by Gasteiger charge is -2.38. The van der Waals surface area contributed by atoms with E-state index in [9.17, 15) is 24.2 Å². The van der Waals surface area contributed by atoms with Gasteiger partial charge in [0.1, 0.15) is 5.78 Å². The van der Waals surface area contributed by atoms with E-state index in [0.717, 1.165) is 21.7 Å². The number of rotatable bonds is 12. The SMILES string of the molecule is C=C(N[C@@H](C)c1ccc(-c2scnc2C)cc1)[C@@H]1C[C@@H](O)CN1C(=O)[C@@H](CC(=O)CN1CCN(c2cc(-c3cccc(F)c3O)nnc2N)CC1)C(C)(C)C. The van der Waals surface area contributed by atoms with Gasteiger partial charge >= 0.3 is 0 Å². The highest BCUT2D eigenvalue weighted by atomic mass is 32.1. The number of nitrogens with one attached hydrogen (secondary N) is 1. The minimum absolute atomic E-state index is 0.0329. The zero-order chi connectivity index (χ0) is 39.6.